The molecule has 10 heteroatoms. The van der Waals surface area contributed by atoms with Gasteiger partial charge in [0.1, 0.15) is 6.04 Å². The normalized spacial score (nSPS) is 12.3. The van der Waals surface area contributed by atoms with Crippen molar-refractivity contribution >= 4 is 44.2 Å². The number of aromatic nitrogens is 5. The number of nitrogens with one attached hydrogen (secondary N) is 1. The maximum Gasteiger partial charge on any atom is 0.267 e. The van der Waals surface area contributed by atoms with Crippen molar-refractivity contribution in [2.24, 2.45) is 0 Å². The molecule has 0 bridgehead atoms. The number of fused-ring (bicyclic) bond motifs is 1. The summed E-state index contributed by atoms with van der Waals surface area (Å²) < 4.78 is 3.64. The van der Waals surface area contributed by atoms with Gasteiger partial charge >= 0.3 is 0 Å². The van der Waals surface area contributed by atoms with Gasteiger partial charge in [-0.2, -0.15) is 5.10 Å². The quantitative estimate of drug-likeness (QED) is 0.536. The van der Waals surface area contributed by atoms with Crippen molar-refractivity contribution in [1.29, 1.82) is 0 Å². The maximum absolute atomic E-state index is 12.7. The van der Waals surface area contributed by atoms with Crippen LogP contribution >= 0.6 is 22.9 Å². The first-order valence-electron chi connectivity index (χ1n) is 8.82. The fourth-order valence-electron chi connectivity index (χ4n) is 2.94. The summed E-state index contributed by atoms with van der Waals surface area (Å²) in [4.78, 5) is 29.4. The van der Waals surface area contributed by atoms with Gasteiger partial charge in [0.25, 0.3) is 11.5 Å². The first kappa shape index (κ1) is 19.3. The average Bonchev–Trinajstić information content (AvgIpc) is 3.22. The van der Waals surface area contributed by atoms with E-state index in [4.69, 9.17) is 11.6 Å². The molecule has 1 atom stereocenters. The number of amides is 1. The van der Waals surface area contributed by atoms with E-state index < -0.39 is 11.9 Å². The number of hydrogen-bond acceptors (Lipinski definition) is 6. The van der Waals surface area contributed by atoms with Crippen LogP contribution in [0.3, 0.4) is 0 Å². The number of hydrogen-bond donors (Lipinski definition) is 1. The highest BCUT2D eigenvalue weighted by molar-refractivity contribution is 7.22. The molecule has 0 fully saturated rings. The number of anilines is 1. The molecule has 3 heterocycles. The third-order valence-corrected chi connectivity index (χ3v) is 5.53. The summed E-state index contributed by atoms with van der Waals surface area (Å²) in [5, 5.41) is 12.5. The van der Waals surface area contributed by atoms with Gasteiger partial charge in [0.05, 0.1) is 15.9 Å². The number of benzene rings is 1. The van der Waals surface area contributed by atoms with Crippen LogP contribution in [0, 0.1) is 13.8 Å². The van der Waals surface area contributed by atoms with Crippen molar-refractivity contribution < 1.29 is 4.79 Å². The van der Waals surface area contributed by atoms with Gasteiger partial charge in [-0.1, -0.05) is 22.9 Å². The molecule has 0 spiro atoms. The molecule has 0 saturated carbocycles. The van der Waals surface area contributed by atoms with Crippen LogP contribution in [0.4, 0.5) is 5.13 Å². The Hall–Kier alpha value is -3.04. The Labute approximate surface area is 174 Å². The number of thiazole rings is 1. The zero-order chi connectivity index (χ0) is 20.7. The zero-order valence-corrected chi connectivity index (χ0v) is 17.5. The van der Waals surface area contributed by atoms with Crippen LogP contribution in [0.1, 0.15) is 24.4 Å². The van der Waals surface area contributed by atoms with Crippen LogP contribution in [-0.2, 0) is 4.79 Å². The number of carbonyl (C=O) groups excluding carboxylic acids is 1. The summed E-state index contributed by atoms with van der Waals surface area (Å²) in [6, 6.07) is 9.35. The summed E-state index contributed by atoms with van der Waals surface area (Å²) >= 11 is 7.31. The highest BCUT2D eigenvalue weighted by Gasteiger charge is 2.20. The first-order chi connectivity index (χ1) is 13.8. The molecule has 29 heavy (non-hydrogen) atoms. The molecule has 4 rings (SSSR count). The molecule has 0 aliphatic carbocycles. The van der Waals surface area contributed by atoms with E-state index in [0.717, 1.165) is 26.3 Å². The van der Waals surface area contributed by atoms with Crippen LogP contribution < -0.4 is 10.9 Å². The van der Waals surface area contributed by atoms with Crippen molar-refractivity contribution in [1.82, 2.24) is 24.5 Å². The summed E-state index contributed by atoms with van der Waals surface area (Å²) in [5.41, 5.74) is 2.08. The SMILES string of the molecule is Cc1cc(C)n(-c2ccc(=O)n(C(C)C(=O)Nc3nc4ccc(Cl)cc4s3)n2)n1. The Morgan fingerprint density at radius 1 is 1.17 bits per heavy atom. The van der Waals surface area contributed by atoms with E-state index in [1.807, 2.05) is 19.9 Å². The molecule has 0 saturated heterocycles. The lowest BCUT2D eigenvalue weighted by molar-refractivity contribution is -0.119. The van der Waals surface area contributed by atoms with E-state index in [0.29, 0.717) is 16.0 Å². The maximum atomic E-state index is 12.7. The van der Waals surface area contributed by atoms with E-state index in [1.54, 1.807) is 35.9 Å². The molecule has 4 aromatic rings. The fourth-order valence-corrected chi connectivity index (χ4v) is 4.08. The molecular weight excluding hydrogens is 412 g/mol. The molecule has 0 aliphatic heterocycles. The predicted molar refractivity (Wildman–Crippen MR) is 113 cm³/mol. The largest absolute Gasteiger partial charge is 0.300 e. The highest BCUT2D eigenvalue weighted by Crippen LogP contribution is 2.28. The number of nitrogens with zero attached hydrogens (tertiary/aromatic N) is 5. The van der Waals surface area contributed by atoms with E-state index in [1.165, 1.54) is 17.4 Å². The van der Waals surface area contributed by atoms with Crippen LogP contribution in [0.25, 0.3) is 16.0 Å². The lowest BCUT2D eigenvalue weighted by Crippen LogP contribution is -2.33. The summed E-state index contributed by atoms with van der Waals surface area (Å²) in [6.07, 6.45) is 0. The third kappa shape index (κ3) is 3.79. The second-order valence-corrected chi connectivity index (χ2v) is 8.08. The number of halogens is 1. The summed E-state index contributed by atoms with van der Waals surface area (Å²) in [6.45, 7) is 5.38. The summed E-state index contributed by atoms with van der Waals surface area (Å²) in [5.74, 6) is 0.0692. The van der Waals surface area contributed by atoms with Gasteiger partial charge in [-0.05, 0) is 51.1 Å². The Bertz CT molecular complexity index is 1290. The molecule has 1 unspecified atom stereocenters. The van der Waals surface area contributed by atoms with Crippen LogP contribution in [0.5, 0.6) is 0 Å². The second kappa shape index (κ2) is 7.41. The monoisotopic (exact) mass is 428 g/mol. The molecule has 1 N–H and O–H groups in total. The Balaban J connectivity index is 1.61. The lowest BCUT2D eigenvalue weighted by atomic mass is 10.3. The second-order valence-electron chi connectivity index (χ2n) is 6.61. The Morgan fingerprint density at radius 3 is 2.69 bits per heavy atom. The van der Waals surface area contributed by atoms with E-state index in [9.17, 15) is 9.59 Å². The lowest BCUT2D eigenvalue weighted by Gasteiger charge is -2.14. The van der Waals surface area contributed by atoms with Gasteiger partial charge in [-0.25, -0.2) is 14.3 Å². The first-order valence-corrected chi connectivity index (χ1v) is 10.0. The molecule has 3 aromatic heterocycles. The van der Waals surface area contributed by atoms with Crippen molar-refractivity contribution in [2.45, 2.75) is 26.8 Å². The Kier molecular flexibility index (Phi) is 4.93. The molecule has 0 aliphatic rings. The van der Waals surface area contributed by atoms with E-state index in [2.05, 4.69) is 20.5 Å². The minimum Gasteiger partial charge on any atom is -0.300 e. The van der Waals surface area contributed by atoms with Crippen LogP contribution in [0.15, 0.2) is 41.2 Å². The van der Waals surface area contributed by atoms with Gasteiger partial charge in [0.15, 0.2) is 10.9 Å². The topological polar surface area (TPSA) is 94.7 Å². The van der Waals surface area contributed by atoms with Crippen LogP contribution in [-0.4, -0.2) is 30.5 Å². The minimum absolute atomic E-state index is 0.381. The Morgan fingerprint density at radius 2 is 1.97 bits per heavy atom. The van der Waals surface area contributed by atoms with Gasteiger partial charge in [0, 0.05) is 16.8 Å². The molecule has 1 amide bonds. The highest BCUT2D eigenvalue weighted by atomic mass is 35.5. The minimum atomic E-state index is -0.838. The van der Waals surface area contributed by atoms with Crippen molar-refractivity contribution in [3.63, 3.8) is 0 Å². The zero-order valence-electron chi connectivity index (χ0n) is 15.9. The predicted octanol–water partition coefficient (Wildman–Crippen LogP) is 3.51. The number of carbonyl (C=O) groups is 1. The van der Waals surface area contributed by atoms with Gasteiger partial charge in [-0.15, -0.1) is 5.10 Å². The number of aryl methyl sites for hydroxylation is 2. The standard InChI is InChI=1S/C19H17ClN6O2S/c1-10-8-11(2)25(23-10)16-6-7-17(27)26(24-16)12(3)18(28)22-19-21-14-5-4-13(20)9-15(14)29-19/h4-9,12H,1-3H3,(H,21,22,28). The molecule has 0 radical (unpaired) electrons. The van der Waals surface area contributed by atoms with Crippen molar-refractivity contribution in [3.8, 4) is 5.82 Å². The van der Waals surface area contributed by atoms with E-state index >= 15 is 0 Å². The van der Waals surface area contributed by atoms with Crippen molar-refractivity contribution in [3.05, 3.63) is 63.2 Å². The molecular formula is C19H17ClN6O2S. The van der Waals surface area contributed by atoms with Gasteiger partial charge < -0.3 is 5.32 Å². The third-order valence-electron chi connectivity index (χ3n) is 4.36. The molecule has 1 aromatic carbocycles. The van der Waals surface area contributed by atoms with Crippen LogP contribution in [0.2, 0.25) is 5.02 Å². The molecule has 148 valence electrons. The van der Waals surface area contributed by atoms with Crippen molar-refractivity contribution in [2.75, 3.05) is 5.32 Å². The number of rotatable bonds is 4. The average molecular weight is 429 g/mol. The fraction of sp³-hybridized carbons (Fsp3) is 0.211. The molecule has 8 nitrogen and oxygen atoms in total. The summed E-state index contributed by atoms with van der Waals surface area (Å²) in [7, 11) is 0. The smallest absolute Gasteiger partial charge is 0.267 e. The van der Waals surface area contributed by atoms with Gasteiger partial charge in [0.2, 0.25) is 0 Å². The van der Waals surface area contributed by atoms with E-state index in [-0.39, 0.29) is 5.56 Å². The van der Waals surface area contributed by atoms with Gasteiger partial charge in [-0.3, -0.25) is 9.59 Å².